The van der Waals surface area contributed by atoms with Crippen LogP contribution in [0.5, 0.6) is 0 Å². The summed E-state index contributed by atoms with van der Waals surface area (Å²) in [5.41, 5.74) is 0. The molecular weight excluding hydrogens is 153 g/mol. The maximum atomic E-state index is 8.89. The molecule has 0 radical (unpaired) electrons. The zero-order chi connectivity index (χ0) is 7.82. The summed E-state index contributed by atoms with van der Waals surface area (Å²) in [5.74, 6) is -1.08. The van der Waals surface area contributed by atoms with E-state index < -0.39 is 5.97 Å². The average molecular weight is 161 g/mol. The van der Waals surface area contributed by atoms with Gasteiger partial charge in [0.1, 0.15) is 0 Å². The van der Waals surface area contributed by atoms with Crippen LogP contribution in [-0.4, -0.2) is 11.0 Å². The van der Waals surface area contributed by atoms with Crippen LogP contribution in [0.2, 0.25) is 0 Å². The molecule has 1 heterocycles. The first-order valence-electron chi connectivity index (χ1n) is 2.76. The standard InChI is InChI=1S/C5H5N.C2H4O2.Na/c1-2-4-6-5-3-1;1-2(3)4;/h1-5H;1H3,(H,3,4);/q;;+1/p-1. The maximum absolute atomic E-state index is 8.89. The fraction of sp³-hybridized carbons (Fsp3) is 0.143. The molecule has 0 saturated carbocycles. The van der Waals surface area contributed by atoms with Crippen molar-refractivity contribution in [3.8, 4) is 0 Å². The number of carbonyl (C=O) groups excluding carboxylic acids is 1. The second kappa shape index (κ2) is 9.62. The Morgan fingerprint density at radius 1 is 1.27 bits per heavy atom. The Balaban J connectivity index is 0. The summed E-state index contributed by atoms with van der Waals surface area (Å²) in [4.78, 5) is 12.7. The number of carboxylic acids is 1. The Morgan fingerprint density at radius 2 is 1.64 bits per heavy atom. The van der Waals surface area contributed by atoms with E-state index in [-0.39, 0.29) is 29.6 Å². The maximum Gasteiger partial charge on any atom is 1.00 e. The largest absolute Gasteiger partial charge is 1.00 e. The van der Waals surface area contributed by atoms with Gasteiger partial charge in [0.05, 0.1) is 0 Å². The van der Waals surface area contributed by atoms with Gasteiger partial charge < -0.3 is 9.90 Å². The van der Waals surface area contributed by atoms with Crippen LogP contribution in [-0.2, 0) is 4.79 Å². The van der Waals surface area contributed by atoms with Crippen LogP contribution >= 0.6 is 0 Å². The predicted octanol–water partition coefficient (Wildman–Crippen LogP) is -3.16. The summed E-state index contributed by atoms with van der Waals surface area (Å²) in [6.07, 6.45) is 3.50. The van der Waals surface area contributed by atoms with E-state index >= 15 is 0 Å². The van der Waals surface area contributed by atoms with Crippen LogP contribution in [0.25, 0.3) is 0 Å². The number of pyridine rings is 1. The normalized spacial score (nSPS) is 6.64. The van der Waals surface area contributed by atoms with Crippen molar-refractivity contribution in [1.82, 2.24) is 4.98 Å². The third-order valence-corrected chi connectivity index (χ3v) is 0.566. The average Bonchev–Trinajstić information content (AvgIpc) is 1.90. The fourth-order valence-electron chi connectivity index (χ4n) is 0.313. The number of aliphatic carboxylic acids is 1. The van der Waals surface area contributed by atoms with Crippen LogP contribution in [0.3, 0.4) is 0 Å². The van der Waals surface area contributed by atoms with Crippen molar-refractivity contribution in [2.24, 2.45) is 0 Å². The van der Waals surface area contributed by atoms with Crippen LogP contribution in [0.4, 0.5) is 0 Å². The number of nitrogens with zero attached hydrogens (tertiary/aromatic N) is 1. The van der Waals surface area contributed by atoms with Gasteiger partial charge in [0.2, 0.25) is 0 Å². The molecule has 4 heteroatoms. The Kier molecular flexibility index (Phi) is 11.6. The Bertz CT molecular complexity index is 148. The monoisotopic (exact) mass is 161 g/mol. The van der Waals surface area contributed by atoms with Crippen LogP contribution in [0.1, 0.15) is 6.92 Å². The molecule has 0 bridgehead atoms. The first kappa shape index (κ1) is 13.2. The molecule has 0 aliphatic rings. The van der Waals surface area contributed by atoms with Crippen molar-refractivity contribution >= 4 is 5.97 Å². The van der Waals surface area contributed by atoms with E-state index in [4.69, 9.17) is 9.90 Å². The fourth-order valence-corrected chi connectivity index (χ4v) is 0.313. The van der Waals surface area contributed by atoms with Crippen molar-refractivity contribution in [2.75, 3.05) is 0 Å². The molecule has 0 aromatic carbocycles. The summed E-state index contributed by atoms with van der Waals surface area (Å²) in [5, 5.41) is 8.89. The molecule has 0 unspecified atom stereocenters. The van der Waals surface area contributed by atoms with Crippen LogP contribution in [0.15, 0.2) is 30.6 Å². The minimum atomic E-state index is -1.08. The van der Waals surface area contributed by atoms with Gasteiger partial charge in [-0.1, -0.05) is 6.07 Å². The van der Waals surface area contributed by atoms with Crippen molar-refractivity contribution in [3.05, 3.63) is 30.6 Å². The molecule has 0 N–H and O–H groups in total. The predicted molar refractivity (Wildman–Crippen MR) is 34.9 cm³/mol. The Morgan fingerprint density at radius 3 is 1.73 bits per heavy atom. The molecule has 1 aromatic heterocycles. The second-order valence-corrected chi connectivity index (χ2v) is 1.52. The van der Waals surface area contributed by atoms with Gasteiger partial charge in [-0.25, -0.2) is 0 Å². The van der Waals surface area contributed by atoms with E-state index in [9.17, 15) is 0 Å². The van der Waals surface area contributed by atoms with Gasteiger partial charge in [0, 0.05) is 18.4 Å². The zero-order valence-corrected chi connectivity index (χ0v) is 8.65. The van der Waals surface area contributed by atoms with Crippen molar-refractivity contribution in [3.63, 3.8) is 0 Å². The second-order valence-electron chi connectivity index (χ2n) is 1.52. The summed E-state index contributed by atoms with van der Waals surface area (Å²) < 4.78 is 0. The molecule has 0 saturated heterocycles. The number of hydrogen-bond acceptors (Lipinski definition) is 3. The molecule has 0 aliphatic carbocycles. The molecule has 1 rings (SSSR count). The number of carboxylic acid groups (broad SMARTS) is 1. The number of hydrogen-bond donors (Lipinski definition) is 0. The molecule has 0 amide bonds. The first-order chi connectivity index (χ1) is 4.73. The topological polar surface area (TPSA) is 53.0 Å². The number of aromatic nitrogens is 1. The summed E-state index contributed by atoms with van der Waals surface area (Å²) in [6.45, 7) is 0.972. The SMILES string of the molecule is CC(=O)[O-].[Na+].c1ccncc1. The quantitative estimate of drug-likeness (QED) is 0.377. The zero-order valence-electron chi connectivity index (χ0n) is 6.65. The minimum absolute atomic E-state index is 0. The number of rotatable bonds is 0. The molecule has 0 fully saturated rings. The van der Waals surface area contributed by atoms with Crippen LogP contribution in [0, 0.1) is 0 Å². The van der Waals surface area contributed by atoms with E-state index in [1.54, 1.807) is 12.4 Å². The molecule has 54 valence electrons. The first-order valence-corrected chi connectivity index (χ1v) is 2.76. The molecule has 1 aromatic rings. The third-order valence-electron chi connectivity index (χ3n) is 0.566. The van der Waals surface area contributed by atoms with Crippen molar-refractivity contribution < 1.29 is 39.5 Å². The summed E-state index contributed by atoms with van der Waals surface area (Å²) in [7, 11) is 0. The van der Waals surface area contributed by atoms with E-state index in [0.717, 1.165) is 6.92 Å². The Hall–Kier alpha value is -0.380. The molecule has 0 aliphatic heterocycles. The van der Waals surface area contributed by atoms with Gasteiger partial charge in [0.25, 0.3) is 0 Å². The molecule has 0 atom stereocenters. The molecule has 11 heavy (non-hydrogen) atoms. The van der Waals surface area contributed by atoms with E-state index in [0.29, 0.717) is 0 Å². The van der Waals surface area contributed by atoms with Crippen molar-refractivity contribution in [1.29, 1.82) is 0 Å². The van der Waals surface area contributed by atoms with Crippen molar-refractivity contribution in [2.45, 2.75) is 6.92 Å². The molecular formula is C7H8NNaO2. The van der Waals surface area contributed by atoms with E-state index in [1.165, 1.54) is 0 Å². The van der Waals surface area contributed by atoms with Gasteiger partial charge in [-0.15, -0.1) is 0 Å². The van der Waals surface area contributed by atoms with Gasteiger partial charge in [-0.05, 0) is 19.1 Å². The summed E-state index contributed by atoms with van der Waals surface area (Å²) in [6, 6.07) is 5.72. The third kappa shape index (κ3) is 17.7. The van der Waals surface area contributed by atoms with Gasteiger partial charge in [0.15, 0.2) is 0 Å². The van der Waals surface area contributed by atoms with Gasteiger partial charge in [-0.2, -0.15) is 0 Å². The Labute approximate surface area is 87.8 Å². The smallest absolute Gasteiger partial charge is 0.550 e. The molecule has 3 nitrogen and oxygen atoms in total. The van der Waals surface area contributed by atoms with Gasteiger partial charge >= 0.3 is 29.6 Å². The van der Waals surface area contributed by atoms with Crippen LogP contribution < -0.4 is 34.7 Å². The minimum Gasteiger partial charge on any atom is -0.550 e. The van der Waals surface area contributed by atoms with E-state index in [2.05, 4.69) is 4.98 Å². The molecule has 0 spiro atoms. The van der Waals surface area contributed by atoms with Gasteiger partial charge in [-0.3, -0.25) is 4.98 Å². The number of carbonyl (C=O) groups is 1. The summed E-state index contributed by atoms with van der Waals surface area (Å²) >= 11 is 0. The van der Waals surface area contributed by atoms with E-state index in [1.807, 2.05) is 18.2 Å².